The van der Waals surface area contributed by atoms with Crippen molar-refractivity contribution < 1.29 is 4.74 Å². The van der Waals surface area contributed by atoms with Gasteiger partial charge in [-0.3, -0.25) is 4.90 Å². The van der Waals surface area contributed by atoms with Gasteiger partial charge in [0.15, 0.2) is 0 Å². The van der Waals surface area contributed by atoms with Gasteiger partial charge in [-0.15, -0.1) is 0 Å². The van der Waals surface area contributed by atoms with Gasteiger partial charge in [0.2, 0.25) is 0 Å². The van der Waals surface area contributed by atoms with Crippen molar-refractivity contribution in [2.45, 2.75) is 32.1 Å². The van der Waals surface area contributed by atoms with Crippen LogP contribution in [0.3, 0.4) is 0 Å². The van der Waals surface area contributed by atoms with E-state index in [1.54, 1.807) is 6.07 Å². The number of rotatable bonds is 3. The maximum absolute atomic E-state index is 6.30. The molecule has 1 aromatic rings. The van der Waals surface area contributed by atoms with Gasteiger partial charge >= 0.3 is 0 Å². The highest BCUT2D eigenvalue weighted by atomic mass is 35.5. The van der Waals surface area contributed by atoms with Gasteiger partial charge in [0.05, 0.1) is 12.2 Å². The number of ether oxygens (including phenoxy) is 1. The number of hydrogen-bond donors (Lipinski definition) is 1. The van der Waals surface area contributed by atoms with E-state index in [1.807, 2.05) is 12.1 Å². The Hall–Kier alpha value is -0.320. The molecule has 0 spiro atoms. The van der Waals surface area contributed by atoms with Crippen LogP contribution in [0.1, 0.15) is 25.5 Å². The molecular formula is C14H20Cl2N2O. The first-order valence-corrected chi connectivity index (χ1v) is 7.31. The van der Waals surface area contributed by atoms with E-state index in [9.17, 15) is 0 Å². The predicted molar refractivity (Wildman–Crippen MR) is 79.8 cm³/mol. The predicted octanol–water partition coefficient (Wildman–Crippen LogP) is 3.10. The summed E-state index contributed by atoms with van der Waals surface area (Å²) < 4.78 is 5.76. The van der Waals surface area contributed by atoms with Crippen molar-refractivity contribution in [3.8, 4) is 0 Å². The molecule has 1 heterocycles. The molecule has 0 saturated carbocycles. The van der Waals surface area contributed by atoms with Crippen molar-refractivity contribution in [1.29, 1.82) is 0 Å². The molecule has 0 aliphatic carbocycles. The first kappa shape index (κ1) is 15.1. The fourth-order valence-corrected chi connectivity index (χ4v) is 3.25. The fourth-order valence-electron chi connectivity index (χ4n) is 2.72. The Bertz CT molecular complexity index is 431. The molecule has 3 nitrogen and oxygen atoms in total. The molecule has 2 N–H and O–H groups in total. The van der Waals surface area contributed by atoms with E-state index in [-0.39, 0.29) is 18.2 Å². The Morgan fingerprint density at radius 3 is 2.47 bits per heavy atom. The third kappa shape index (κ3) is 3.61. The topological polar surface area (TPSA) is 38.5 Å². The van der Waals surface area contributed by atoms with Gasteiger partial charge in [-0.2, -0.15) is 0 Å². The van der Waals surface area contributed by atoms with E-state index in [1.165, 1.54) is 0 Å². The summed E-state index contributed by atoms with van der Waals surface area (Å²) in [5, 5.41) is 1.32. The Labute approximate surface area is 124 Å². The summed E-state index contributed by atoms with van der Waals surface area (Å²) >= 11 is 12.2. The van der Waals surface area contributed by atoms with E-state index in [0.717, 1.165) is 18.7 Å². The molecule has 0 amide bonds. The van der Waals surface area contributed by atoms with Crippen molar-refractivity contribution >= 4 is 23.2 Å². The van der Waals surface area contributed by atoms with Crippen molar-refractivity contribution in [2.24, 2.45) is 5.73 Å². The lowest BCUT2D eigenvalue weighted by molar-refractivity contribution is -0.0799. The van der Waals surface area contributed by atoms with Crippen LogP contribution in [0.5, 0.6) is 0 Å². The first-order valence-electron chi connectivity index (χ1n) is 6.55. The zero-order valence-electron chi connectivity index (χ0n) is 11.3. The number of hydrogen-bond acceptors (Lipinski definition) is 3. The molecular weight excluding hydrogens is 283 g/mol. The molecule has 19 heavy (non-hydrogen) atoms. The lowest BCUT2D eigenvalue weighted by Gasteiger charge is -2.40. The third-order valence-electron chi connectivity index (χ3n) is 3.43. The summed E-state index contributed by atoms with van der Waals surface area (Å²) in [5.41, 5.74) is 7.00. The molecule has 5 heteroatoms. The van der Waals surface area contributed by atoms with Crippen LogP contribution in [-0.2, 0) is 4.74 Å². The molecule has 1 saturated heterocycles. The SMILES string of the molecule is C[C@@H]1CN(C(CN)c2ccc(Cl)cc2Cl)C[C@H](C)O1. The van der Waals surface area contributed by atoms with Crippen LogP contribution in [0.15, 0.2) is 18.2 Å². The maximum atomic E-state index is 6.30. The second kappa shape index (κ2) is 6.42. The third-order valence-corrected chi connectivity index (χ3v) is 4.00. The van der Waals surface area contributed by atoms with Crippen molar-refractivity contribution in [3.63, 3.8) is 0 Å². The molecule has 0 bridgehead atoms. The Kier molecular flexibility index (Phi) is 5.09. The molecule has 0 radical (unpaired) electrons. The fraction of sp³-hybridized carbons (Fsp3) is 0.571. The number of nitrogens with two attached hydrogens (primary N) is 1. The van der Waals surface area contributed by atoms with E-state index < -0.39 is 0 Å². The van der Waals surface area contributed by atoms with Crippen LogP contribution in [0.4, 0.5) is 0 Å². The molecule has 1 aliphatic heterocycles. The average Bonchev–Trinajstić information content (AvgIpc) is 2.31. The summed E-state index contributed by atoms with van der Waals surface area (Å²) in [4.78, 5) is 2.34. The molecule has 1 fully saturated rings. The molecule has 106 valence electrons. The van der Waals surface area contributed by atoms with E-state index in [4.69, 9.17) is 33.7 Å². The number of halogens is 2. The van der Waals surface area contributed by atoms with Crippen molar-refractivity contribution in [3.05, 3.63) is 33.8 Å². The monoisotopic (exact) mass is 302 g/mol. The van der Waals surface area contributed by atoms with Gasteiger partial charge in [-0.25, -0.2) is 0 Å². The lowest BCUT2D eigenvalue weighted by Crippen LogP contribution is -2.48. The largest absolute Gasteiger partial charge is 0.373 e. The van der Waals surface area contributed by atoms with E-state index >= 15 is 0 Å². The van der Waals surface area contributed by atoms with Crippen LogP contribution in [-0.4, -0.2) is 36.7 Å². The minimum absolute atomic E-state index is 0.110. The van der Waals surface area contributed by atoms with E-state index in [0.29, 0.717) is 16.6 Å². The summed E-state index contributed by atoms with van der Waals surface area (Å²) in [6.45, 7) is 6.43. The van der Waals surface area contributed by atoms with Crippen LogP contribution in [0, 0.1) is 0 Å². The lowest BCUT2D eigenvalue weighted by atomic mass is 10.0. The number of nitrogens with zero attached hydrogens (tertiary/aromatic N) is 1. The van der Waals surface area contributed by atoms with Gasteiger partial charge in [0, 0.05) is 35.7 Å². The standard InChI is InChI=1S/C14H20Cl2N2O/c1-9-7-18(8-10(2)19-9)14(6-17)12-4-3-11(15)5-13(12)16/h3-5,9-10,14H,6-8,17H2,1-2H3/t9-,10+,14?. The van der Waals surface area contributed by atoms with Gasteiger partial charge in [0.1, 0.15) is 0 Å². The molecule has 2 rings (SSSR count). The molecule has 3 atom stereocenters. The number of benzene rings is 1. The summed E-state index contributed by atoms with van der Waals surface area (Å²) in [7, 11) is 0. The zero-order valence-corrected chi connectivity index (χ0v) is 12.8. The van der Waals surface area contributed by atoms with Crippen LogP contribution >= 0.6 is 23.2 Å². The van der Waals surface area contributed by atoms with E-state index in [2.05, 4.69) is 18.7 Å². The number of morpholine rings is 1. The quantitative estimate of drug-likeness (QED) is 0.932. The summed E-state index contributed by atoms with van der Waals surface area (Å²) in [6.07, 6.45) is 0.424. The Balaban J connectivity index is 2.23. The highest BCUT2D eigenvalue weighted by Gasteiger charge is 2.29. The van der Waals surface area contributed by atoms with Gasteiger partial charge in [0.25, 0.3) is 0 Å². The zero-order chi connectivity index (χ0) is 14.0. The molecule has 1 aliphatic rings. The first-order chi connectivity index (χ1) is 9.01. The Morgan fingerprint density at radius 1 is 1.32 bits per heavy atom. The molecule has 1 aromatic carbocycles. The van der Waals surface area contributed by atoms with Crippen LogP contribution in [0.2, 0.25) is 10.0 Å². The van der Waals surface area contributed by atoms with Crippen molar-refractivity contribution in [2.75, 3.05) is 19.6 Å². The van der Waals surface area contributed by atoms with Gasteiger partial charge < -0.3 is 10.5 Å². The van der Waals surface area contributed by atoms with Gasteiger partial charge in [-0.1, -0.05) is 29.3 Å². The van der Waals surface area contributed by atoms with Gasteiger partial charge in [-0.05, 0) is 31.5 Å². The molecule has 0 aromatic heterocycles. The minimum atomic E-state index is 0.110. The van der Waals surface area contributed by atoms with Crippen molar-refractivity contribution in [1.82, 2.24) is 4.90 Å². The highest BCUT2D eigenvalue weighted by Crippen LogP contribution is 2.31. The second-order valence-corrected chi connectivity index (χ2v) is 5.97. The normalized spacial score (nSPS) is 26.4. The average molecular weight is 303 g/mol. The van der Waals surface area contributed by atoms with Crippen LogP contribution in [0.25, 0.3) is 0 Å². The maximum Gasteiger partial charge on any atom is 0.0678 e. The summed E-state index contributed by atoms with van der Waals surface area (Å²) in [6, 6.07) is 5.71. The molecule has 1 unspecified atom stereocenters. The van der Waals surface area contributed by atoms with Crippen LogP contribution < -0.4 is 5.73 Å². The second-order valence-electron chi connectivity index (χ2n) is 5.13. The minimum Gasteiger partial charge on any atom is -0.373 e. The Morgan fingerprint density at radius 2 is 1.95 bits per heavy atom. The highest BCUT2D eigenvalue weighted by molar-refractivity contribution is 6.35. The smallest absolute Gasteiger partial charge is 0.0678 e. The summed E-state index contributed by atoms with van der Waals surface area (Å²) in [5.74, 6) is 0.